The first-order valence-electron chi connectivity index (χ1n) is 11.7. The number of carbonyl (C=O) groups excluding carboxylic acids is 2. The summed E-state index contributed by atoms with van der Waals surface area (Å²) >= 11 is 0. The molecule has 7 nitrogen and oxygen atoms in total. The van der Waals surface area contributed by atoms with Gasteiger partial charge in [-0.3, -0.25) is 9.59 Å². The highest BCUT2D eigenvalue weighted by molar-refractivity contribution is 5.87. The van der Waals surface area contributed by atoms with Gasteiger partial charge in [0, 0.05) is 26.6 Å². The summed E-state index contributed by atoms with van der Waals surface area (Å²) in [7, 11) is 0. The Bertz CT molecular complexity index is 731. The van der Waals surface area contributed by atoms with Gasteiger partial charge >= 0.3 is 5.97 Å². The van der Waals surface area contributed by atoms with E-state index in [0.717, 1.165) is 32.5 Å². The predicted octanol–water partition coefficient (Wildman–Crippen LogP) is 3.96. The predicted molar refractivity (Wildman–Crippen MR) is 123 cm³/mol. The first kappa shape index (κ1) is 25.8. The standard InChI is InChI=1S/C23H33NO4.C2H5NO/c1-17(28-16-18-5-3-2-4-6-18)15-22(25)24-13-11-20(12-14-24)19-7-9-21(10-8-19)23(26)27;1-2(3)4/h7-10,17-18,20H,2-6,11-16H2,1H3,(H,26,27);1H3,(H2,3,4). The summed E-state index contributed by atoms with van der Waals surface area (Å²) in [5.74, 6) is 0.0315. The van der Waals surface area contributed by atoms with Crippen molar-refractivity contribution in [2.24, 2.45) is 11.7 Å². The van der Waals surface area contributed by atoms with Gasteiger partial charge in [0.15, 0.2) is 0 Å². The number of ether oxygens (including phenoxy) is 1. The number of nitrogens with zero attached hydrogens (tertiary/aromatic N) is 1. The van der Waals surface area contributed by atoms with Crippen molar-refractivity contribution in [2.75, 3.05) is 19.7 Å². The molecule has 3 N–H and O–H groups in total. The molecule has 0 radical (unpaired) electrons. The molecule has 1 aromatic carbocycles. The van der Waals surface area contributed by atoms with Crippen LogP contribution in [0.1, 0.15) is 87.1 Å². The minimum absolute atomic E-state index is 0.0179. The van der Waals surface area contributed by atoms with Gasteiger partial charge in [0.1, 0.15) is 0 Å². The third kappa shape index (κ3) is 8.99. The maximum absolute atomic E-state index is 12.6. The molecule has 0 bridgehead atoms. The topological polar surface area (TPSA) is 110 Å². The van der Waals surface area contributed by atoms with Crippen molar-refractivity contribution in [3.63, 3.8) is 0 Å². The molecule has 2 aliphatic rings. The summed E-state index contributed by atoms with van der Waals surface area (Å²) in [6, 6.07) is 7.15. The highest BCUT2D eigenvalue weighted by Crippen LogP contribution is 2.29. The van der Waals surface area contributed by atoms with Gasteiger partial charge in [-0.1, -0.05) is 31.4 Å². The van der Waals surface area contributed by atoms with Gasteiger partial charge < -0.3 is 20.5 Å². The Kier molecular flexibility index (Phi) is 10.7. The lowest BCUT2D eigenvalue weighted by Crippen LogP contribution is -2.39. The molecule has 7 heteroatoms. The van der Waals surface area contributed by atoms with Crippen LogP contribution >= 0.6 is 0 Å². The molecule has 1 saturated carbocycles. The first-order chi connectivity index (χ1) is 15.3. The average Bonchev–Trinajstić information content (AvgIpc) is 2.78. The molecule has 178 valence electrons. The van der Waals surface area contributed by atoms with Crippen LogP contribution < -0.4 is 5.73 Å². The maximum atomic E-state index is 12.6. The van der Waals surface area contributed by atoms with Crippen molar-refractivity contribution in [2.45, 2.75) is 77.2 Å². The summed E-state index contributed by atoms with van der Waals surface area (Å²) < 4.78 is 5.97. The van der Waals surface area contributed by atoms with Gasteiger partial charge in [-0.2, -0.15) is 0 Å². The number of carboxylic acid groups (broad SMARTS) is 1. The molecule has 1 unspecified atom stereocenters. The monoisotopic (exact) mass is 446 g/mol. The van der Waals surface area contributed by atoms with Gasteiger partial charge in [-0.25, -0.2) is 4.79 Å². The van der Waals surface area contributed by atoms with E-state index in [-0.39, 0.29) is 17.9 Å². The third-order valence-electron chi connectivity index (χ3n) is 6.28. The van der Waals surface area contributed by atoms with Crippen molar-refractivity contribution >= 4 is 17.8 Å². The number of hydrogen-bond acceptors (Lipinski definition) is 4. The quantitative estimate of drug-likeness (QED) is 0.659. The Morgan fingerprint density at radius 2 is 1.62 bits per heavy atom. The summed E-state index contributed by atoms with van der Waals surface area (Å²) in [6.45, 7) is 5.64. The van der Waals surface area contributed by atoms with E-state index < -0.39 is 5.97 Å². The zero-order chi connectivity index (χ0) is 23.5. The third-order valence-corrected chi connectivity index (χ3v) is 6.28. The molecule has 2 fully saturated rings. The van der Waals surface area contributed by atoms with Gasteiger partial charge in [0.2, 0.25) is 11.8 Å². The molecular weight excluding hydrogens is 408 g/mol. The lowest BCUT2D eigenvalue weighted by Gasteiger charge is -2.33. The molecule has 1 aromatic rings. The number of piperidine rings is 1. The molecule has 0 aromatic heterocycles. The molecule has 1 saturated heterocycles. The Hall–Kier alpha value is -2.41. The number of nitrogens with two attached hydrogens (primary N) is 1. The van der Waals surface area contributed by atoms with Crippen LogP contribution in [0.3, 0.4) is 0 Å². The molecule has 3 rings (SSSR count). The highest BCUT2D eigenvalue weighted by Gasteiger charge is 2.25. The summed E-state index contributed by atoms with van der Waals surface area (Å²) in [5, 5.41) is 9.01. The van der Waals surface area contributed by atoms with Crippen LogP contribution in [0.15, 0.2) is 24.3 Å². The Morgan fingerprint density at radius 3 is 2.16 bits per heavy atom. The van der Waals surface area contributed by atoms with E-state index in [1.165, 1.54) is 44.6 Å². The second-order valence-corrected chi connectivity index (χ2v) is 9.04. The van der Waals surface area contributed by atoms with E-state index in [1.54, 1.807) is 12.1 Å². The van der Waals surface area contributed by atoms with Gasteiger partial charge in [-0.15, -0.1) is 0 Å². The second kappa shape index (κ2) is 13.2. The van der Waals surface area contributed by atoms with Crippen LogP contribution in [0.5, 0.6) is 0 Å². The van der Waals surface area contributed by atoms with E-state index in [9.17, 15) is 14.4 Å². The smallest absolute Gasteiger partial charge is 0.335 e. The van der Waals surface area contributed by atoms with E-state index in [2.05, 4.69) is 5.73 Å². The van der Waals surface area contributed by atoms with Crippen LogP contribution in [-0.4, -0.2) is 53.6 Å². The number of hydrogen-bond donors (Lipinski definition) is 2. The van der Waals surface area contributed by atoms with Crippen molar-refractivity contribution in [1.82, 2.24) is 4.90 Å². The van der Waals surface area contributed by atoms with E-state index >= 15 is 0 Å². The molecule has 2 amide bonds. The van der Waals surface area contributed by atoms with Crippen molar-refractivity contribution < 1.29 is 24.2 Å². The summed E-state index contributed by atoms with van der Waals surface area (Å²) in [6.07, 6.45) is 8.81. The largest absolute Gasteiger partial charge is 0.478 e. The minimum Gasteiger partial charge on any atom is -0.478 e. The lowest BCUT2D eigenvalue weighted by atomic mass is 9.89. The molecule has 32 heavy (non-hydrogen) atoms. The van der Waals surface area contributed by atoms with Crippen LogP contribution in [0.25, 0.3) is 0 Å². The molecule has 0 spiro atoms. The average molecular weight is 447 g/mol. The van der Waals surface area contributed by atoms with Crippen LogP contribution in [0, 0.1) is 5.92 Å². The van der Waals surface area contributed by atoms with E-state index in [1.807, 2.05) is 24.0 Å². The van der Waals surface area contributed by atoms with Crippen LogP contribution in [-0.2, 0) is 14.3 Å². The van der Waals surface area contributed by atoms with E-state index in [4.69, 9.17) is 9.84 Å². The molecule has 1 aliphatic heterocycles. The normalized spacial score (nSPS) is 18.4. The fraction of sp³-hybridized carbons (Fsp3) is 0.640. The highest BCUT2D eigenvalue weighted by atomic mass is 16.5. The number of likely N-dealkylation sites (tertiary alicyclic amines) is 1. The fourth-order valence-corrected chi connectivity index (χ4v) is 4.45. The molecule has 1 aliphatic carbocycles. The molecular formula is C25H38N2O5. The Balaban J connectivity index is 0.000000837. The molecule has 1 heterocycles. The van der Waals surface area contributed by atoms with E-state index in [0.29, 0.717) is 23.8 Å². The zero-order valence-corrected chi connectivity index (χ0v) is 19.4. The Labute approximate surface area is 191 Å². The van der Waals surface area contributed by atoms with Crippen molar-refractivity contribution in [3.05, 3.63) is 35.4 Å². The number of carboxylic acids is 1. The van der Waals surface area contributed by atoms with Crippen molar-refractivity contribution in [1.29, 1.82) is 0 Å². The zero-order valence-electron chi connectivity index (χ0n) is 19.4. The SMILES string of the molecule is CC(CC(=O)N1CCC(c2ccc(C(=O)O)cc2)CC1)OCC1CCCCC1.CC(N)=O. The number of amides is 2. The Morgan fingerprint density at radius 1 is 1.06 bits per heavy atom. The second-order valence-electron chi connectivity index (χ2n) is 9.04. The number of rotatable bonds is 7. The number of benzene rings is 1. The van der Waals surface area contributed by atoms with Crippen molar-refractivity contribution in [3.8, 4) is 0 Å². The summed E-state index contributed by atoms with van der Waals surface area (Å²) in [4.78, 5) is 34.8. The number of primary amides is 1. The first-order valence-corrected chi connectivity index (χ1v) is 11.7. The minimum atomic E-state index is -0.896. The van der Waals surface area contributed by atoms with Gasteiger partial charge in [0.05, 0.1) is 18.1 Å². The fourth-order valence-electron chi connectivity index (χ4n) is 4.45. The van der Waals surface area contributed by atoms with Crippen LogP contribution in [0.2, 0.25) is 0 Å². The van der Waals surface area contributed by atoms with Gasteiger partial charge in [-0.05, 0) is 62.1 Å². The maximum Gasteiger partial charge on any atom is 0.335 e. The van der Waals surface area contributed by atoms with Crippen LogP contribution in [0.4, 0.5) is 0 Å². The summed E-state index contributed by atoms with van der Waals surface area (Å²) in [5.41, 5.74) is 5.96. The van der Waals surface area contributed by atoms with Gasteiger partial charge in [0.25, 0.3) is 0 Å². The molecule has 1 atom stereocenters. The lowest BCUT2D eigenvalue weighted by molar-refractivity contribution is -0.135. The number of carbonyl (C=O) groups is 3. The number of aromatic carboxylic acids is 1.